The fourth-order valence-electron chi connectivity index (χ4n) is 1.27. The molecule has 0 saturated carbocycles. The third kappa shape index (κ3) is 2.72. The zero-order chi connectivity index (χ0) is 13.0. The number of carbonyl (C=O) groups excluding carboxylic acids is 1. The first kappa shape index (κ1) is 13.0. The van der Waals surface area contributed by atoms with E-state index in [4.69, 9.17) is 5.26 Å². The zero-order valence-corrected chi connectivity index (χ0v) is 8.71. The number of pyridine rings is 1. The van der Waals surface area contributed by atoms with Gasteiger partial charge in [-0.05, 0) is 0 Å². The number of aromatic nitrogens is 1. The molecule has 4 nitrogen and oxygen atoms in total. The number of halogens is 3. The molecule has 0 amide bonds. The smallest absolute Gasteiger partial charge is 0.310 e. The average molecular weight is 244 g/mol. The highest BCUT2D eigenvalue weighted by molar-refractivity contribution is 5.73. The molecule has 0 aliphatic heterocycles. The van der Waals surface area contributed by atoms with E-state index in [9.17, 15) is 18.0 Å². The Morgan fingerprint density at radius 3 is 2.76 bits per heavy atom. The van der Waals surface area contributed by atoms with Crippen LogP contribution in [0.5, 0.6) is 0 Å². The number of alkyl halides is 2. The molecule has 0 saturated heterocycles. The van der Waals surface area contributed by atoms with Crippen LogP contribution < -0.4 is 0 Å². The van der Waals surface area contributed by atoms with E-state index in [1.807, 2.05) is 0 Å². The SMILES string of the molecule is COC(=O)Cc1c(C#N)ncc(F)c1C(F)F. The lowest BCUT2D eigenvalue weighted by Crippen LogP contribution is -2.12. The maximum absolute atomic E-state index is 13.2. The van der Waals surface area contributed by atoms with E-state index in [-0.39, 0.29) is 0 Å². The van der Waals surface area contributed by atoms with Crippen molar-refractivity contribution < 1.29 is 22.7 Å². The monoisotopic (exact) mass is 244 g/mol. The molecule has 0 unspecified atom stereocenters. The van der Waals surface area contributed by atoms with Crippen LogP contribution >= 0.6 is 0 Å². The second kappa shape index (κ2) is 5.30. The molecule has 17 heavy (non-hydrogen) atoms. The van der Waals surface area contributed by atoms with Crippen molar-refractivity contribution in [2.45, 2.75) is 12.8 Å². The van der Waals surface area contributed by atoms with Crippen molar-refractivity contribution in [2.75, 3.05) is 7.11 Å². The van der Waals surface area contributed by atoms with Gasteiger partial charge in [-0.1, -0.05) is 0 Å². The van der Waals surface area contributed by atoms with E-state index >= 15 is 0 Å². The van der Waals surface area contributed by atoms with Crippen molar-refractivity contribution in [3.63, 3.8) is 0 Å². The fourth-order valence-corrected chi connectivity index (χ4v) is 1.27. The number of carbonyl (C=O) groups is 1. The van der Waals surface area contributed by atoms with Gasteiger partial charge in [-0.3, -0.25) is 4.79 Å². The summed E-state index contributed by atoms with van der Waals surface area (Å²) in [6, 6.07) is 1.53. The lowest BCUT2D eigenvalue weighted by molar-refractivity contribution is -0.139. The Labute approximate surface area is 94.6 Å². The maximum atomic E-state index is 13.2. The molecule has 1 heterocycles. The van der Waals surface area contributed by atoms with E-state index in [1.54, 1.807) is 0 Å². The number of nitriles is 1. The predicted octanol–water partition coefficient (Wildman–Crippen LogP) is 1.75. The van der Waals surface area contributed by atoms with Gasteiger partial charge in [-0.25, -0.2) is 18.2 Å². The van der Waals surface area contributed by atoms with Crippen molar-refractivity contribution in [1.29, 1.82) is 5.26 Å². The molecule has 0 radical (unpaired) electrons. The average Bonchev–Trinajstić information content (AvgIpc) is 2.28. The number of ether oxygens (including phenoxy) is 1. The third-order valence-corrected chi connectivity index (χ3v) is 2.05. The van der Waals surface area contributed by atoms with Crippen molar-refractivity contribution in [3.05, 3.63) is 28.8 Å². The summed E-state index contributed by atoms with van der Waals surface area (Å²) in [6.07, 6.45) is -3.23. The van der Waals surface area contributed by atoms with Crippen molar-refractivity contribution in [1.82, 2.24) is 4.98 Å². The summed E-state index contributed by atoms with van der Waals surface area (Å²) in [4.78, 5) is 14.4. The normalized spacial score (nSPS) is 10.1. The molecule has 0 fully saturated rings. The Morgan fingerprint density at radius 2 is 2.29 bits per heavy atom. The van der Waals surface area contributed by atoms with Crippen LogP contribution in [0.3, 0.4) is 0 Å². The van der Waals surface area contributed by atoms with Crippen LogP contribution in [0.4, 0.5) is 13.2 Å². The molecule has 1 aromatic rings. The van der Waals surface area contributed by atoms with Gasteiger partial charge in [-0.15, -0.1) is 0 Å². The largest absolute Gasteiger partial charge is 0.469 e. The Bertz CT molecular complexity index is 483. The summed E-state index contributed by atoms with van der Waals surface area (Å²) < 4.78 is 42.7. The lowest BCUT2D eigenvalue weighted by atomic mass is 10.0. The summed E-state index contributed by atoms with van der Waals surface area (Å²) in [5.41, 5.74) is -1.83. The highest BCUT2D eigenvalue weighted by atomic mass is 19.3. The first-order valence-corrected chi connectivity index (χ1v) is 4.43. The first-order chi connectivity index (χ1) is 8.01. The second-order valence-corrected chi connectivity index (χ2v) is 3.01. The highest BCUT2D eigenvalue weighted by Crippen LogP contribution is 2.27. The topological polar surface area (TPSA) is 63.0 Å². The van der Waals surface area contributed by atoms with E-state index in [2.05, 4.69) is 9.72 Å². The van der Waals surface area contributed by atoms with Gasteiger partial charge in [0.25, 0.3) is 6.43 Å². The molecule has 0 aromatic carbocycles. The molecule has 1 aromatic heterocycles. The Kier molecular flexibility index (Phi) is 4.04. The van der Waals surface area contributed by atoms with Gasteiger partial charge in [-0.2, -0.15) is 5.26 Å². The highest BCUT2D eigenvalue weighted by Gasteiger charge is 2.24. The molecule has 0 atom stereocenters. The minimum absolute atomic E-state index is 0.410. The molecule has 0 N–H and O–H groups in total. The summed E-state index contributed by atoms with van der Waals surface area (Å²) >= 11 is 0. The minimum Gasteiger partial charge on any atom is -0.469 e. The maximum Gasteiger partial charge on any atom is 0.310 e. The molecular weight excluding hydrogens is 237 g/mol. The number of rotatable bonds is 3. The molecular formula is C10H7F3N2O2. The molecule has 0 bridgehead atoms. The first-order valence-electron chi connectivity index (χ1n) is 4.43. The van der Waals surface area contributed by atoms with Crippen LogP contribution in [0.1, 0.15) is 23.2 Å². The van der Waals surface area contributed by atoms with Gasteiger partial charge in [0.05, 0.1) is 25.3 Å². The summed E-state index contributed by atoms with van der Waals surface area (Å²) in [5, 5.41) is 8.67. The van der Waals surface area contributed by atoms with E-state index in [0.29, 0.717) is 6.20 Å². The van der Waals surface area contributed by atoms with Crippen LogP contribution in [0.25, 0.3) is 0 Å². The van der Waals surface area contributed by atoms with Gasteiger partial charge < -0.3 is 4.74 Å². The standard InChI is InChI=1S/C10H7F3N2O2/c1-17-8(16)2-5-7(3-14)15-4-6(11)9(5)10(12)13/h4,10H,2H2,1H3. The third-order valence-electron chi connectivity index (χ3n) is 2.05. The quantitative estimate of drug-likeness (QED) is 0.760. The Morgan fingerprint density at radius 1 is 1.65 bits per heavy atom. The second-order valence-electron chi connectivity index (χ2n) is 3.01. The van der Waals surface area contributed by atoms with Gasteiger partial charge in [0.2, 0.25) is 0 Å². The minimum atomic E-state index is -3.13. The lowest BCUT2D eigenvalue weighted by Gasteiger charge is -2.09. The summed E-state index contributed by atoms with van der Waals surface area (Å²) in [5.74, 6) is -2.10. The van der Waals surface area contributed by atoms with Crippen LogP contribution in [0, 0.1) is 17.1 Å². The Balaban J connectivity index is 3.36. The molecule has 90 valence electrons. The van der Waals surface area contributed by atoms with Crippen molar-refractivity contribution in [3.8, 4) is 6.07 Å². The number of esters is 1. The van der Waals surface area contributed by atoms with Crippen molar-refractivity contribution >= 4 is 5.97 Å². The van der Waals surface area contributed by atoms with Crippen molar-refractivity contribution in [2.24, 2.45) is 0 Å². The summed E-state index contributed by atoms with van der Waals surface area (Å²) in [6.45, 7) is 0. The fraction of sp³-hybridized carbons (Fsp3) is 0.300. The van der Waals surface area contributed by atoms with Crippen LogP contribution in [0.2, 0.25) is 0 Å². The van der Waals surface area contributed by atoms with E-state index in [1.165, 1.54) is 6.07 Å². The Hall–Kier alpha value is -2.10. The van der Waals surface area contributed by atoms with Gasteiger partial charge in [0, 0.05) is 5.56 Å². The molecule has 0 aliphatic carbocycles. The van der Waals surface area contributed by atoms with Crippen LogP contribution in [-0.2, 0) is 16.0 Å². The van der Waals surface area contributed by atoms with Crippen LogP contribution in [-0.4, -0.2) is 18.1 Å². The number of methoxy groups -OCH3 is 1. The molecule has 0 spiro atoms. The number of hydrogen-bond donors (Lipinski definition) is 0. The molecule has 7 heteroatoms. The van der Waals surface area contributed by atoms with E-state index < -0.39 is 41.5 Å². The molecule has 0 aliphatic rings. The summed E-state index contributed by atoms with van der Waals surface area (Å²) in [7, 11) is 1.06. The van der Waals surface area contributed by atoms with Gasteiger partial charge in [0.15, 0.2) is 5.82 Å². The number of nitrogens with zero attached hydrogens (tertiary/aromatic N) is 2. The molecule has 1 rings (SSSR count). The van der Waals surface area contributed by atoms with Gasteiger partial charge >= 0.3 is 5.97 Å². The predicted molar refractivity (Wildman–Crippen MR) is 49.6 cm³/mol. The van der Waals surface area contributed by atoms with Crippen LogP contribution in [0.15, 0.2) is 6.20 Å². The van der Waals surface area contributed by atoms with E-state index in [0.717, 1.165) is 7.11 Å². The zero-order valence-electron chi connectivity index (χ0n) is 8.71. The number of hydrogen-bond acceptors (Lipinski definition) is 4. The van der Waals surface area contributed by atoms with Gasteiger partial charge in [0.1, 0.15) is 11.8 Å².